The second-order valence-electron chi connectivity index (χ2n) is 12.5. The number of fused-ring (bicyclic) bond motifs is 1. The molecular formula is C26H41B3O17. The molecule has 0 saturated carbocycles. The van der Waals surface area contributed by atoms with Crippen molar-refractivity contribution in [1.82, 2.24) is 0 Å². The van der Waals surface area contributed by atoms with Crippen LogP contribution in [0.1, 0.15) is 41.5 Å². The molecule has 4 rings (SSSR count). The maximum atomic E-state index is 11.4. The third-order valence-corrected chi connectivity index (χ3v) is 6.34. The van der Waals surface area contributed by atoms with Gasteiger partial charge in [-0.2, -0.15) is 0 Å². The van der Waals surface area contributed by atoms with Gasteiger partial charge in [-0.1, -0.05) is 0 Å². The molecule has 20 heteroatoms. The summed E-state index contributed by atoms with van der Waals surface area (Å²) in [6, 6.07) is -2.66. The van der Waals surface area contributed by atoms with Crippen LogP contribution in [0.25, 0.3) is 0 Å². The summed E-state index contributed by atoms with van der Waals surface area (Å²) in [6.45, 7) is 9.08. The van der Waals surface area contributed by atoms with E-state index in [2.05, 4.69) is 0 Å². The van der Waals surface area contributed by atoms with E-state index >= 15 is 0 Å². The molecule has 6 radical (unpaired) electrons. The summed E-state index contributed by atoms with van der Waals surface area (Å²) in [5.41, 5.74) is -1.39. The van der Waals surface area contributed by atoms with E-state index in [1.165, 1.54) is 0 Å². The zero-order valence-electron chi connectivity index (χ0n) is 26.4. The Morgan fingerprint density at radius 1 is 0.652 bits per heavy atom. The van der Waals surface area contributed by atoms with E-state index in [0.29, 0.717) is 0 Å². The van der Waals surface area contributed by atoms with Crippen LogP contribution < -0.4 is 0 Å². The normalized spacial score (nSPS) is 36.5. The molecule has 4 aliphatic heterocycles. The molecule has 0 aromatic carbocycles. The fourth-order valence-electron chi connectivity index (χ4n) is 4.31. The molecule has 4 saturated heterocycles. The fourth-order valence-corrected chi connectivity index (χ4v) is 4.31. The molecule has 4 heterocycles. The van der Waals surface area contributed by atoms with Crippen molar-refractivity contribution in [3.63, 3.8) is 0 Å². The minimum absolute atomic E-state index is 0.231. The number of ether oxygens (including phenoxy) is 9. The number of hydrogen-bond donors (Lipinski definition) is 5. The zero-order chi connectivity index (χ0) is 35.1. The first-order valence-electron chi connectivity index (χ1n) is 14.3. The van der Waals surface area contributed by atoms with E-state index in [4.69, 9.17) is 81.5 Å². The molecular weight excluding hydrogens is 617 g/mol. The maximum Gasteiger partial charge on any atom is 0.509 e. The van der Waals surface area contributed by atoms with Crippen LogP contribution in [0.2, 0.25) is 0 Å². The van der Waals surface area contributed by atoms with Gasteiger partial charge in [0.15, 0.2) is 24.4 Å². The van der Waals surface area contributed by atoms with E-state index in [-0.39, 0.29) is 6.61 Å². The monoisotopic (exact) mass is 658 g/mol. The van der Waals surface area contributed by atoms with E-state index < -0.39 is 116 Å². The second kappa shape index (κ2) is 16.7. The van der Waals surface area contributed by atoms with E-state index in [1.54, 1.807) is 41.5 Å². The molecule has 3 unspecified atom stereocenters. The van der Waals surface area contributed by atoms with Crippen molar-refractivity contribution in [2.24, 2.45) is 0 Å². The first kappa shape index (κ1) is 39.9. The van der Waals surface area contributed by atoms with Gasteiger partial charge in [0.05, 0.1) is 31.8 Å². The van der Waals surface area contributed by atoms with Gasteiger partial charge in [-0.25, -0.2) is 14.4 Å². The highest BCUT2D eigenvalue weighted by Crippen LogP contribution is 2.30. The highest BCUT2D eigenvalue weighted by Gasteiger charge is 2.51. The number of aliphatic hydroxyl groups is 5. The molecule has 12 atom stereocenters. The average Bonchev–Trinajstić information content (AvgIpc) is 3.62. The van der Waals surface area contributed by atoms with Gasteiger partial charge in [-0.3, -0.25) is 0 Å². The highest BCUT2D eigenvalue weighted by atomic mass is 16.8. The van der Waals surface area contributed by atoms with E-state index in [0.717, 1.165) is 0 Å². The molecule has 0 aromatic heterocycles. The number of carbonyl (C=O) groups excluding carboxylic acids is 3. The SMILES string of the molecule is [B][C@@H]1O[C@H](CO)[C@@H]2OC(=O)OC12.[B][C@@H]1O[C@H](CO)[C@H](O)C1OC(=O)OC(C)(C)C.[B][C@@H]1O[C@H](CO)[C@H](OC(=O)OC(C)(C)C)C1O. The van der Waals surface area contributed by atoms with Crippen molar-refractivity contribution < 1.29 is 82.5 Å². The Morgan fingerprint density at radius 2 is 1.09 bits per heavy atom. The summed E-state index contributed by atoms with van der Waals surface area (Å²) in [7, 11) is 16.4. The summed E-state index contributed by atoms with van der Waals surface area (Å²) < 4.78 is 44.1. The molecule has 4 fully saturated rings. The van der Waals surface area contributed by atoms with Crippen LogP contribution in [0.3, 0.4) is 0 Å². The molecule has 46 heavy (non-hydrogen) atoms. The van der Waals surface area contributed by atoms with Gasteiger partial charge in [0, 0.05) is 6.00 Å². The summed E-state index contributed by atoms with van der Waals surface area (Å²) >= 11 is 0. The third-order valence-electron chi connectivity index (χ3n) is 6.34. The number of aliphatic hydroxyl groups excluding tert-OH is 5. The minimum Gasteiger partial charge on any atom is -0.429 e. The van der Waals surface area contributed by atoms with Crippen molar-refractivity contribution in [3.05, 3.63) is 0 Å². The van der Waals surface area contributed by atoms with Gasteiger partial charge in [-0.15, -0.1) is 0 Å². The highest BCUT2D eigenvalue weighted by molar-refractivity contribution is 6.12. The maximum absolute atomic E-state index is 11.4. The molecule has 0 aliphatic carbocycles. The Balaban J connectivity index is 0.000000244. The van der Waals surface area contributed by atoms with Gasteiger partial charge < -0.3 is 68.2 Å². The predicted octanol–water partition coefficient (Wildman–Crippen LogP) is -2.12. The lowest BCUT2D eigenvalue weighted by Gasteiger charge is -2.23. The van der Waals surface area contributed by atoms with Gasteiger partial charge in [0.2, 0.25) is 0 Å². The fraction of sp³-hybridized carbons (Fsp3) is 0.885. The Bertz CT molecular complexity index is 1010. The molecule has 17 nitrogen and oxygen atoms in total. The summed E-state index contributed by atoms with van der Waals surface area (Å²) in [5.74, 6) is 0. The van der Waals surface area contributed by atoms with Gasteiger partial charge in [0.1, 0.15) is 65.3 Å². The Morgan fingerprint density at radius 3 is 1.54 bits per heavy atom. The summed E-state index contributed by atoms with van der Waals surface area (Å²) in [4.78, 5) is 33.4. The van der Waals surface area contributed by atoms with E-state index in [1.807, 2.05) is 0 Å². The van der Waals surface area contributed by atoms with Gasteiger partial charge in [-0.05, 0) is 41.5 Å². The zero-order valence-corrected chi connectivity index (χ0v) is 26.4. The van der Waals surface area contributed by atoms with Crippen molar-refractivity contribution in [2.45, 2.75) is 126 Å². The average molecular weight is 658 g/mol. The largest absolute Gasteiger partial charge is 0.509 e. The lowest BCUT2D eigenvalue weighted by Crippen LogP contribution is -2.39. The van der Waals surface area contributed by atoms with Crippen molar-refractivity contribution in [3.8, 4) is 0 Å². The van der Waals surface area contributed by atoms with Gasteiger partial charge >= 0.3 is 18.5 Å². The molecule has 4 aliphatic rings. The van der Waals surface area contributed by atoms with Crippen LogP contribution in [0.5, 0.6) is 0 Å². The Labute approximate surface area is 270 Å². The van der Waals surface area contributed by atoms with Gasteiger partial charge in [0.25, 0.3) is 0 Å². The van der Waals surface area contributed by atoms with Crippen LogP contribution in [0.4, 0.5) is 14.4 Å². The number of carbonyl (C=O) groups is 3. The van der Waals surface area contributed by atoms with E-state index in [9.17, 15) is 24.6 Å². The molecule has 0 spiro atoms. The lowest BCUT2D eigenvalue weighted by atomic mass is 9.93. The summed E-state index contributed by atoms with van der Waals surface area (Å²) in [5, 5.41) is 45.9. The van der Waals surface area contributed by atoms with Crippen molar-refractivity contribution >= 4 is 42.0 Å². The van der Waals surface area contributed by atoms with Crippen LogP contribution in [0, 0.1) is 0 Å². The Hall–Kier alpha value is -2.32. The van der Waals surface area contributed by atoms with Crippen LogP contribution in [0.15, 0.2) is 0 Å². The third kappa shape index (κ3) is 11.4. The number of rotatable bonds is 5. The lowest BCUT2D eigenvalue weighted by molar-refractivity contribution is -0.0676. The molecule has 0 aromatic rings. The topological polar surface area (TPSA) is 235 Å². The minimum atomic E-state index is -1.18. The standard InChI is InChI=1S/2C10H17BO6.C6H7BO5/c1-10(2,3)17-9(14)16-7-5(4-12)15-8(11)6(7)13;1-10(2,3)17-9(14)16-7-6(13)5(4-12)15-8(7)11;7-5-4-3(2(1-8)10-5)11-6(9)12-4/h2*5-8,12-13H,4H2,1-3H3;2-5,8H,1H2/t5-,6?,7+,8-;5-,6+,7?,8-;2-,3+,4?,5-/m111/s1. The number of hydrogen-bond acceptors (Lipinski definition) is 17. The van der Waals surface area contributed by atoms with Crippen LogP contribution in [-0.4, -0.2) is 172 Å². The quantitative estimate of drug-likeness (QED) is 0.121. The van der Waals surface area contributed by atoms with Crippen LogP contribution in [-0.2, 0) is 42.6 Å². The molecule has 256 valence electrons. The van der Waals surface area contributed by atoms with Crippen molar-refractivity contribution in [1.29, 1.82) is 0 Å². The smallest absolute Gasteiger partial charge is 0.429 e. The Kier molecular flexibility index (Phi) is 14.5. The molecule has 0 bridgehead atoms. The summed E-state index contributed by atoms with van der Waals surface area (Å²) in [6.07, 6.45) is -10.4. The molecule has 5 N–H and O–H groups in total. The second-order valence-corrected chi connectivity index (χ2v) is 12.5. The van der Waals surface area contributed by atoms with Crippen LogP contribution >= 0.6 is 0 Å². The first-order valence-corrected chi connectivity index (χ1v) is 14.3. The predicted molar refractivity (Wildman–Crippen MR) is 154 cm³/mol. The molecule has 0 amide bonds. The van der Waals surface area contributed by atoms with Crippen molar-refractivity contribution in [2.75, 3.05) is 19.8 Å². The first-order chi connectivity index (χ1) is 21.2.